The molecule has 0 aliphatic carbocycles. The summed E-state index contributed by atoms with van der Waals surface area (Å²) >= 11 is 0. The van der Waals surface area contributed by atoms with E-state index < -0.39 is 0 Å². The van der Waals surface area contributed by atoms with E-state index in [1.165, 1.54) is 5.56 Å². The highest BCUT2D eigenvalue weighted by Gasteiger charge is 2.23. The van der Waals surface area contributed by atoms with Crippen molar-refractivity contribution in [2.24, 2.45) is 0 Å². The lowest BCUT2D eigenvalue weighted by Crippen LogP contribution is -2.51. The lowest BCUT2D eigenvalue weighted by Gasteiger charge is -2.30. The summed E-state index contributed by atoms with van der Waals surface area (Å²) in [6, 6.07) is 6.42. The van der Waals surface area contributed by atoms with Gasteiger partial charge in [-0.25, -0.2) is 0 Å². The largest absolute Gasteiger partial charge is 0.372 e. The molecule has 0 radical (unpaired) electrons. The van der Waals surface area contributed by atoms with Crippen LogP contribution in [0.25, 0.3) is 0 Å². The first-order valence-corrected chi connectivity index (χ1v) is 6.98. The smallest absolute Gasteiger partial charge is 0.251 e. The van der Waals surface area contributed by atoms with Crippen molar-refractivity contribution in [1.82, 2.24) is 10.6 Å². The fourth-order valence-corrected chi connectivity index (χ4v) is 2.81. The number of benzene rings is 1. The topological polar surface area (TPSA) is 50.4 Å². The number of hydrogen-bond donors (Lipinski definition) is 2. The van der Waals surface area contributed by atoms with Crippen molar-refractivity contribution in [3.05, 3.63) is 34.9 Å². The van der Waals surface area contributed by atoms with Crippen molar-refractivity contribution < 1.29 is 9.53 Å². The van der Waals surface area contributed by atoms with Crippen LogP contribution in [0.3, 0.4) is 0 Å². The number of rotatable bonds is 2. The van der Waals surface area contributed by atoms with Gasteiger partial charge >= 0.3 is 0 Å². The van der Waals surface area contributed by atoms with E-state index in [-0.39, 0.29) is 24.4 Å². The van der Waals surface area contributed by atoms with E-state index in [1.54, 1.807) is 0 Å². The van der Waals surface area contributed by atoms with Crippen molar-refractivity contribution in [2.45, 2.75) is 45.1 Å². The Bertz CT molecular complexity index is 493. The van der Waals surface area contributed by atoms with Crippen LogP contribution in [-0.2, 0) is 18.0 Å². The van der Waals surface area contributed by atoms with Gasteiger partial charge < -0.3 is 15.4 Å². The van der Waals surface area contributed by atoms with Crippen molar-refractivity contribution in [3.63, 3.8) is 0 Å². The molecule has 2 N–H and O–H groups in total. The van der Waals surface area contributed by atoms with Crippen LogP contribution in [-0.4, -0.2) is 24.5 Å². The van der Waals surface area contributed by atoms with Gasteiger partial charge in [-0.05, 0) is 49.6 Å². The Hall–Kier alpha value is -1.10. The molecule has 2 heterocycles. The predicted octanol–water partition coefficient (Wildman–Crippen LogP) is 2.01. The van der Waals surface area contributed by atoms with Crippen LogP contribution >= 0.6 is 12.4 Å². The minimum absolute atomic E-state index is 0. The Labute approximate surface area is 125 Å². The molecule has 2 unspecified atom stereocenters. The maximum absolute atomic E-state index is 12.3. The zero-order valence-electron chi connectivity index (χ0n) is 11.6. The number of ether oxygens (including phenoxy) is 1. The van der Waals surface area contributed by atoms with Gasteiger partial charge in [-0.2, -0.15) is 0 Å². The first-order valence-electron chi connectivity index (χ1n) is 6.98. The van der Waals surface area contributed by atoms with Gasteiger partial charge in [0.05, 0.1) is 13.2 Å². The average Bonchev–Trinajstić information content (AvgIpc) is 2.88. The average molecular weight is 297 g/mol. The number of amides is 1. The molecular formula is C15H21ClN2O2. The van der Waals surface area contributed by atoms with E-state index in [1.807, 2.05) is 18.2 Å². The monoisotopic (exact) mass is 296 g/mol. The first kappa shape index (κ1) is 15.3. The number of carbonyl (C=O) groups excluding carboxylic acids is 1. The van der Waals surface area contributed by atoms with Crippen molar-refractivity contribution >= 4 is 18.3 Å². The molecular weight excluding hydrogens is 276 g/mol. The number of hydrogen-bond acceptors (Lipinski definition) is 3. The van der Waals surface area contributed by atoms with Crippen LogP contribution in [0, 0.1) is 0 Å². The highest BCUT2D eigenvalue weighted by Crippen LogP contribution is 2.21. The Morgan fingerprint density at radius 3 is 2.95 bits per heavy atom. The summed E-state index contributed by atoms with van der Waals surface area (Å²) in [5, 5.41) is 6.53. The number of carbonyl (C=O) groups is 1. The number of halogens is 1. The van der Waals surface area contributed by atoms with Gasteiger partial charge in [0.15, 0.2) is 0 Å². The molecule has 2 aliphatic heterocycles. The summed E-state index contributed by atoms with van der Waals surface area (Å²) in [6.45, 7) is 4.46. The third-order valence-corrected chi connectivity index (χ3v) is 4.06. The molecule has 2 aliphatic rings. The van der Waals surface area contributed by atoms with E-state index in [0.29, 0.717) is 19.3 Å². The highest BCUT2D eigenvalue weighted by atomic mass is 35.5. The molecule has 5 heteroatoms. The molecule has 1 amide bonds. The van der Waals surface area contributed by atoms with Gasteiger partial charge in [0.2, 0.25) is 0 Å². The molecule has 1 aromatic rings. The third kappa shape index (κ3) is 3.14. The predicted molar refractivity (Wildman–Crippen MR) is 80.1 cm³/mol. The van der Waals surface area contributed by atoms with Gasteiger partial charge in [-0.1, -0.05) is 6.07 Å². The van der Waals surface area contributed by atoms with Crippen LogP contribution in [0.15, 0.2) is 18.2 Å². The van der Waals surface area contributed by atoms with Crippen LogP contribution in [0.5, 0.6) is 0 Å². The second-order valence-corrected chi connectivity index (χ2v) is 5.44. The second kappa shape index (κ2) is 6.57. The fourth-order valence-electron chi connectivity index (χ4n) is 2.81. The fraction of sp³-hybridized carbons (Fsp3) is 0.533. The SMILES string of the molecule is CC1NCCCC1NC(=O)c1ccc2c(c1)COC2.Cl. The summed E-state index contributed by atoms with van der Waals surface area (Å²) in [6.07, 6.45) is 2.17. The summed E-state index contributed by atoms with van der Waals surface area (Å²) < 4.78 is 5.37. The maximum Gasteiger partial charge on any atom is 0.251 e. The Balaban J connectivity index is 0.00000147. The highest BCUT2D eigenvalue weighted by molar-refractivity contribution is 5.94. The lowest BCUT2D eigenvalue weighted by molar-refractivity contribution is 0.0919. The van der Waals surface area contributed by atoms with E-state index in [2.05, 4.69) is 17.6 Å². The molecule has 1 saturated heterocycles. The molecule has 1 fully saturated rings. The van der Waals surface area contributed by atoms with Gasteiger partial charge in [0.1, 0.15) is 0 Å². The van der Waals surface area contributed by atoms with E-state index in [9.17, 15) is 4.79 Å². The van der Waals surface area contributed by atoms with E-state index in [4.69, 9.17) is 4.74 Å². The van der Waals surface area contributed by atoms with E-state index >= 15 is 0 Å². The second-order valence-electron chi connectivity index (χ2n) is 5.44. The molecule has 2 atom stereocenters. The van der Waals surface area contributed by atoms with Crippen LogP contribution in [0.1, 0.15) is 41.3 Å². The quantitative estimate of drug-likeness (QED) is 0.878. The summed E-state index contributed by atoms with van der Waals surface area (Å²) in [4.78, 5) is 12.3. The summed E-state index contributed by atoms with van der Waals surface area (Å²) in [5.41, 5.74) is 3.08. The number of nitrogens with one attached hydrogen (secondary N) is 2. The van der Waals surface area contributed by atoms with Crippen LogP contribution in [0.4, 0.5) is 0 Å². The molecule has 20 heavy (non-hydrogen) atoms. The molecule has 0 aromatic heterocycles. The zero-order valence-corrected chi connectivity index (χ0v) is 12.5. The van der Waals surface area contributed by atoms with Crippen molar-refractivity contribution in [2.75, 3.05) is 6.54 Å². The first-order chi connectivity index (χ1) is 9.24. The maximum atomic E-state index is 12.3. The third-order valence-electron chi connectivity index (χ3n) is 4.06. The van der Waals surface area contributed by atoms with Gasteiger partial charge in [0, 0.05) is 17.6 Å². The van der Waals surface area contributed by atoms with Crippen LogP contribution < -0.4 is 10.6 Å². The Morgan fingerprint density at radius 2 is 2.15 bits per heavy atom. The van der Waals surface area contributed by atoms with Gasteiger partial charge in [-0.3, -0.25) is 4.79 Å². The lowest BCUT2D eigenvalue weighted by atomic mass is 9.99. The van der Waals surface area contributed by atoms with E-state index in [0.717, 1.165) is 30.5 Å². The van der Waals surface area contributed by atoms with Crippen molar-refractivity contribution in [1.29, 1.82) is 0 Å². The zero-order chi connectivity index (χ0) is 13.2. The molecule has 3 rings (SSSR count). The Morgan fingerprint density at radius 1 is 1.35 bits per heavy atom. The molecule has 0 saturated carbocycles. The number of piperidine rings is 1. The molecule has 1 aromatic carbocycles. The minimum atomic E-state index is 0. The molecule has 4 nitrogen and oxygen atoms in total. The molecule has 0 bridgehead atoms. The standard InChI is InChI=1S/C15H20N2O2.ClH/c1-10-14(3-2-6-16-10)17-15(18)11-4-5-12-8-19-9-13(12)7-11;/h4-5,7,10,14,16H,2-3,6,8-9H2,1H3,(H,17,18);1H. The number of fused-ring (bicyclic) bond motifs is 1. The minimum Gasteiger partial charge on any atom is -0.372 e. The summed E-state index contributed by atoms with van der Waals surface area (Å²) in [7, 11) is 0. The van der Waals surface area contributed by atoms with Crippen LogP contribution in [0.2, 0.25) is 0 Å². The van der Waals surface area contributed by atoms with Gasteiger partial charge in [-0.15, -0.1) is 12.4 Å². The normalized spacial score (nSPS) is 24.6. The molecule has 110 valence electrons. The van der Waals surface area contributed by atoms with Gasteiger partial charge in [0.25, 0.3) is 5.91 Å². The molecule has 0 spiro atoms. The summed E-state index contributed by atoms with van der Waals surface area (Å²) in [5.74, 6) is 0.0234. The Kier molecular flexibility index (Phi) is 5.02. The van der Waals surface area contributed by atoms with Crippen molar-refractivity contribution in [3.8, 4) is 0 Å².